The number of fused-ring (bicyclic) bond motifs is 1. The molecule has 0 unspecified atom stereocenters. The molecule has 0 atom stereocenters. The van der Waals surface area contributed by atoms with Gasteiger partial charge in [0.2, 0.25) is 5.43 Å². The second-order valence-electron chi connectivity index (χ2n) is 3.24. The smallest absolute Gasteiger partial charge is 0.203 e. The maximum absolute atomic E-state index is 11.7. The molecule has 15 heavy (non-hydrogen) atoms. The van der Waals surface area contributed by atoms with Crippen molar-refractivity contribution in [3.05, 3.63) is 44.8 Å². The Kier molecular flexibility index (Phi) is 2.32. The summed E-state index contributed by atoms with van der Waals surface area (Å²) in [6.45, 7) is 1.79. The summed E-state index contributed by atoms with van der Waals surface area (Å²) in [6.07, 6.45) is 1.64. The van der Waals surface area contributed by atoms with Crippen LogP contribution in [0.2, 0.25) is 5.02 Å². The van der Waals surface area contributed by atoms with E-state index in [1.54, 1.807) is 13.0 Å². The minimum absolute atomic E-state index is 0.00386. The second-order valence-corrected chi connectivity index (χ2v) is 3.67. The SMILES string of the molecule is Cc1cc(Cl)cc2c(=O)c(C=O)coc12. The van der Waals surface area contributed by atoms with E-state index in [-0.39, 0.29) is 11.0 Å². The molecule has 1 aromatic carbocycles. The molecule has 0 bridgehead atoms. The molecule has 0 aliphatic heterocycles. The van der Waals surface area contributed by atoms with Crippen LogP contribution in [-0.2, 0) is 0 Å². The minimum atomic E-state index is -0.350. The van der Waals surface area contributed by atoms with Gasteiger partial charge in [0.05, 0.1) is 10.9 Å². The van der Waals surface area contributed by atoms with Crippen molar-refractivity contribution >= 4 is 28.9 Å². The number of halogens is 1. The highest BCUT2D eigenvalue weighted by Gasteiger charge is 2.09. The highest BCUT2D eigenvalue weighted by atomic mass is 35.5. The van der Waals surface area contributed by atoms with Crippen LogP contribution in [0.1, 0.15) is 15.9 Å². The Morgan fingerprint density at radius 1 is 1.40 bits per heavy atom. The number of rotatable bonds is 1. The van der Waals surface area contributed by atoms with Crippen LogP contribution in [0.4, 0.5) is 0 Å². The summed E-state index contributed by atoms with van der Waals surface area (Å²) in [5, 5.41) is 0.792. The molecule has 1 aromatic heterocycles. The third kappa shape index (κ3) is 1.55. The Labute approximate surface area is 90.3 Å². The molecule has 0 saturated heterocycles. The van der Waals surface area contributed by atoms with E-state index < -0.39 is 0 Å². The first kappa shape index (κ1) is 9.93. The van der Waals surface area contributed by atoms with Crippen LogP contribution >= 0.6 is 11.6 Å². The fourth-order valence-electron chi connectivity index (χ4n) is 1.47. The lowest BCUT2D eigenvalue weighted by molar-refractivity contribution is 0.112. The van der Waals surface area contributed by atoms with Crippen LogP contribution in [0.15, 0.2) is 27.6 Å². The van der Waals surface area contributed by atoms with Crippen molar-refractivity contribution in [2.75, 3.05) is 0 Å². The third-order valence-electron chi connectivity index (χ3n) is 2.18. The summed E-state index contributed by atoms with van der Waals surface area (Å²) in [5.41, 5.74) is 0.892. The molecule has 76 valence electrons. The van der Waals surface area contributed by atoms with Crippen molar-refractivity contribution in [3.63, 3.8) is 0 Å². The second kappa shape index (κ2) is 3.51. The molecule has 0 amide bonds. The Balaban J connectivity index is 2.99. The van der Waals surface area contributed by atoms with E-state index in [2.05, 4.69) is 0 Å². The number of aryl methyl sites for hydroxylation is 1. The van der Waals surface area contributed by atoms with Crippen molar-refractivity contribution in [2.24, 2.45) is 0 Å². The van der Waals surface area contributed by atoms with Gasteiger partial charge in [-0.2, -0.15) is 0 Å². The van der Waals surface area contributed by atoms with E-state index in [1.165, 1.54) is 12.3 Å². The number of carbonyl (C=O) groups excluding carboxylic acids is 1. The average molecular weight is 223 g/mol. The van der Waals surface area contributed by atoms with E-state index in [1.807, 2.05) is 0 Å². The average Bonchev–Trinajstić information content (AvgIpc) is 2.19. The molecule has 0 spiro atoms. The van der Waals surface area contributed by atoms with E-state index in [4.69, 9.17) is 16.0 Å². The largest absolute Gasteiger partial charge is 0.463 e. The fraction of sp³-hybridized carbons (Fsp3) is 0.0909. The summed E-state index contributed by atoms with van der Waals surface area (Å²) in [7, 11) is 0. The lowest BCUT2D eigenvalue weighted by Gasteiger charge is -2.01. The summed E-state index contributed by atoms with van der Waals surface area (Å²) in [5.74, 6) is 0. The van der Waals surface area contributed by atoms with Crippen LogP contribution in [0.25, 0.3) is 11.0 Å². The van der Waals surface area contributed by atoms with Crippen molar-refractivity contribution < 1.29 is 9.21 Å². The molecule has 1 heterocycles. The predicted molar refractivity (Wildman–Crippen MR) is 57.6 cm³/mol. The minimum Gasteiger partial charge on any atom is -0.463 e. The van der Waals surface area contributed by atoms with Crippen molar-refractivity contribution in [1.82, 2.24) is 0 Å². The first-order chi connectivity index (χ1) is 7.13. The Bertz CT molecular complexity index is 599. The molecule has 0 radical (unpaired) electrons. The zero-order valence-corrected chi connectivity index (χ0v) is 8.67. The normalized spacial score (nSPS) is 10.5. The molecule has 0 aliphatic carbocycles. The van der Waals surface area contributed by atoms with Crippen molar-refractivity contribution in [1.29, 1.82) is 0 Å². The van der Waals surface area contributed by atoms with Gasteiger partial charge in [0, 0.05) is 5.02 Å². The molecule has 0 aliphatic rings. The lowest BCUT2D eigenvalue weighted by Crippen LogP contribution is -2.07. The molecule has 4 heteroatoms. The Morgan fingerprint density at radius 3 is 2.80 bits per heavy atom. The molecular formula is C11H7ClO3. The van der Waals surface area contributed by atoms with E-state index in [9.17, 15) is 9.59 Å². The molecule has 3 nitrogen and oxygen atoms in total. The lowest BCUT2D eigenvalue weighted by atomic mass is 10.1. The van der Waals surface area contributed by atoms with Crippen molar-refractivity contribution in [2.45, 2.75) is 6.92 Å². The van der Waals surface area contributed by atoms with Crippen LogP contribution in [-0.4, -0.2) is 6.29 Å². The van der Waals surface area contributed by atoms with Gasteiger partial charge in [0.25, 0.3) is 0 Å². The van der Waals surface area contributed by atoms with Crippen molar-refractivity contribution in [3.8, 4) is 0 Å². The first-order valence-corrected chi connectivity index (χ1v) is 4.68. The van der Waals surface area contributed by atoms with Gasteiger partial charge in [-0.05, 0) is 24.6 Å². The van der Waals surface area contributed by atoms with Gasteiger partial charge in [0.15, 0.2) is 6.29 Å². The van der Waals surface area contributed by atoms with Gasteiger partial charge in [-0.25, -0.2) is 0 Å². The third-order valence-corrected chi connectivity index (χ3v) is 2.40. The van der Waals surface area contributed by atoms with E-state index in [0.717, 1.165) is 5.56 Å². The maximum atomic E-state index is 11.7. The standard InChI is InChI=1S/C11H7ClO3/c1-6-2-8(12)3-9-10(14)7(4-13)5-15-11(6)9/h2-5H,1H3. The number of aldehydes is 1. The molecular weight excluding hydrogens is 216 g/mol. The number of carbonyl (C=O) groups is 1. The van der Waals surface area contributed by atoms with E-state index in [0.29, 0.717) is 22.3 Å². The number of hydrogen-bond donors (Lipinski definition) is 0. The van der Waals surface area contributed by atoms with Crippen LogP contribution in [0, 0.1) is 6.92 Å². The van der Waals surface area contributed by atoms with Crippen LogP contribution in [0.3, 0.4) is 0 Å². The number of benzene rings is 1. The number of hydrogen-bond acceptors (Lipinski definition) is 3. The molecule has 0 N–H and O–H groups in total. The summed E-state index contributed by atoms with van der Waals surface area (Å²) < 4.78 is 5.21. The fourth-order valence-corrected chi connectivity index (χ4v) is 1.74. The maximum Gasteiger partial charge on any atom is 0.203 e. The molecule has 0 fully saturated rings. The van der Waals surface area contributed by atoms with Gasteiger partial charge in [-0.3, -0.25) is 9.59 Å². The van der Waals surface area contributed by atoms with Gasteiger partial charge < -0.3 is 4.42 Å². The zero-order valence-electron chi connectivity index (χ0n) is 7.91. The highest BCUT2D eigenvalue weighted by molar-refractivity contribution is 6.31. The summed E-state index contributed by atoms with van der Waals surface area (Å²) in [6, 6.07) is 3.20. The van der Waals surface area contributed by atoms with Gasteiger partial charge in [-0.15, -0.1) is 0 Å². The first-order valence-electron chi connectivity index (χ1n) is 4.30. The van der Waals surface area contributed by atoms with E-state index >= 15 is 0 Å². The topological polar surface area (TPSA) is 47.3 Å². The molecule has 2 rings (SSSR count). The highest BCUT2D eigenvalue weighted by Crippen LogP contribution is 2.21. The molecule has 0 saturated carbocycles. The van der Waals surface area contributed by atoms with Gasteiger partial charge in [-0.1, -0.05) is 11.6 Å². The van der Waals surface area contributed by atoms with Crippen LogP contribution in [0.5, 0.6) is 0 Å². The Hall–Kier alpha value is -1.61. The summed E-state index contributed by atoms with van der Waals surface area (Å²) >= 11 is 5.82. The Morgan fingerprint density at radius 2 is 2.13 bits per heavy atom. The zero-order chi connectivity index (χ0) is 11.0. The van der Waals surface area contributed by atoms with Gasteiger partial charge in [0.1, 0.15) is 11.8 Å². The van der Waals surface area contributed by atoms with Crippen LogP contribution < -0.4 is 5.43 Å². The quantitative estimate of drug-likeness (QED) is 0.697. The summed E-state index contributed by atoms with van der Waals surface area (Å²) in [4.78, 5) is 22.3. The monoisotopic (exact) mass is 222 g/mol. The molecule has 2 aromatic rings. The predicted octanol–water partition coefficient (Wildman–Crippen LogP) is 2.57. The van der Waals surface area contributed by atoms with Gasteiger partial charge >= 0.3 is 0 Å².